The Balaban J connectivity index is 1.76. The van der Waals surface area contributed by atoms with Crippen LogP contribution < -0.4 is 0 Å². The molecule has 1 nitrogen and oxygen atoms in total. The SMILES string of the molecule is CC(C(=O)c1ccccc1)c1cccc2c1Cc1ccccc1-2. The molecule has 0 radical (unpaired) electrons. The van der Waals surface area contributed by atoms with Crippen molar-refractivity contribution >= 4 is 5.78 Å². The van der Waals surface area contributed by atoms with Crippen LogP contribution in [0, 0.1) is 0 Å². The van der Waals surface area contributed by atoms with Crippen LogP contribution in [-0.2, 0) is 6.42 Å². The van der Waals surface area contributed by atoms with Gasteiger partial charge in [0.25, 0.3) is 0 Å². The van der Waals surface area contributed by atoms with Gasteiger partial charge in [0, 0.05) is 11.5 Å². The first kappa shape index (κ1) is 14.0. The number of Topliss-reactive ketones (excluding diaryl/α,β-unsaturated/α-hetero) is 1. The summed E-state index contributed by atoms with van der Waals surface area (Å²) < 4.78 is 0. The number of benzene rings is 3. The van der Waals surface area contributed by atoms with Gasteiger partial charge in [-0.1, -0.05) is 79.7 Å². The van der Waals surface area contributed by atoms with E-state index < -0.39 is 0 Å². The standard InChI is InChI=1S/C22H18O/c1-15(22(23)16-8-3-2-4-9-16)18-12-7-13-20-19-11-6-5-10-17(19)14-21(18)20/h2-13,15H,14H2,1H3. The molecule has 0 saturated heterocycles. The average Bonchev–Trinajstić information content (AvgIpc) is 3.00. The highest BCUT2D eigenvalue weighted by atomic mass is 16.1. The van der Waals surface area contributed by atoms with Crippen LogP contribution in [-0.4, -0.2) is 5.78 Å². The number of ketones is 1. The van der Waals surface area contributed by atoms with Gasteiger partial charge in [0.2, 0.25) is 0 Å². The summed E-state index contributed by atoms with van der Waals surface area (Å²) in [4.78, 5) is 12.8. The van der Waals surface area contributed by atoms with Crippen molar-refractivity contribution < 1.29 is 4.79 Å². The van der Waals surface area contributed by atoms with Crippen molar-refractivity contribution in [3.05, 3.63) is 95.1 Å². The summed E-state index contributed by atoms with van der Waals surface area (Å²) in [5, 5.41) is 0. The van der Waals surface area contributed by atoms with E-state index in [-0.39, 0.29) is 11.7 Å². The van der Waals surface area contributed by atoms with Crippen LogP contribution in [0.25, 0.3) is 11.1 Å². The second-order valence-electron chi connectivity index (χ2n) is 6.16. The topological polar surface area (TPSA) is 17.1 Å². The molecule has 0 N–H and O–H groups in total. The number of hydrogen-bond acceptors (Lipinski definition) is 1. The fraction of sp³-hybridized carbons (Fsp3) is 0.136. The smallest absolute Gasteiger partial charge is 0.170 e. The molecule has 3 aromatic rings. The Morgan fingerprint density at radius 1 is 0.826 bits per heavy atom. The predicted octanol–water partition coefficient (Wildman–Crippen LogP) is 5.24. The summed E-state index contributed by atoms with van der Waals surface area (Å²) in [6.45, 7) is 2.02. The van der Waals surface area contributed by atoms with E-state index in [0.717, 1.165) is 17.5 Å². The third-order valence-electron chi connectivity index (χ3n) is 4.81. The highest BCUT2D eigenvalue weighted by Gasteiger charge is 2.25. The molecular formula is C22H18O. The third kappa shape index (κ3) is 2.29. The van der Waals surface area contributed by atoms with Crippen LogP contribution in [0.1, 0.15) is 39.9 Å². The summed E-state index contributed by atoms with van der Waals surface area (Å²) in [5.41, 5.74) is 7.20. The minimum Gasteiger partial charge on any atom is -0.294 e. The average molecular weight is 298 g/mol. The van der Waals surface area contributed by atoms with Crippen LogP contribution in [0.4, 0.5) is 0 Å². The molecule has 1 heteroatoms. The van der Waals surface area contributed by atoms with Gasteiger partial charge in [-0.05, 0) is 34.2 Å². The molecule has 3 aromatic carbocycles. The molecule has 0 saturated carbocycles. The Bertz CT molecular complexity index is 877. The van der Waals surface area contributed by atoms with Crippen molar-refractivity contribution in [2.45, 2.75) is 19.3 Å². The molecule has 0 heterocycles. The fourth-order valence-corrected chi connectivity index (χ4v) is 3.58. The molecule has 0 amide bonds. The van der Waals surface area contributed by atoms with E-state index in [2.05, 4.69) is 42.5 Å². The van der Waals surface area contributed by atoms with Crippen molar-refractivity contribution in [1.29, 1.82) is 0 Å². The maximum absolute atomic E-state index is 12.8. The number of hydrogen-bond donors (Lipinski definition) is 0. The van der Waals surface area contributed by atoms with E-state index in [1.165, 1.54) is 22.3 Å². The summed E-state index contributed by atoms with van der Waals surface area (Å²) in [5.74, 6) is 0.0663. The number of carbonyl (C=O) groups excluding carboxylic acids is 1. The molecule has 0 bridgehead atoms. The van der Waals surface area contributed by atoms with Crippen molar-refractivity contribution in [3.8, 4) is 11.1 Å². The zero-order valence-electron chi connectivity index (χ0n) is 13.1. The number of fused-ring (bicyclic) bond motifs is 3. The molecule has 112 valence electrons. The molecule has 0 fully saturated rings. The van der Waals surface area contributed by atoms with Crippen molar-refractivity contribution in [1.82, 2.24) is 0 Å². The van der Waals surface area contributed by atoms with E-state index in [0.29, 0.717) is 0 Å². The second-order valence-corrected chi connectivity index (χ2v) is 6.16. The summed E-state index contributed by atoms with van der Waals surface area (Å²) in [6, 6.07) is 24.5. The highest BCUT2D eigenvalue weighted by Crippen LogP contribution is 2.40. The van der Waals surface area contributed by atoms with Gasteiger partial charge in [-0.25, -0.2) is 0 Å². The molecule has 1 aliphatic rings. The van der Waals surface area contributed by atoms with Gasteiger partial charge < -0.3 is 0 Å². The first-order chi connectivity index (χ1) is 11.3. The lowest BCUT2D eigenvalue weighted by atomic mass is 9.87. The van der Waals surface area contributed by atoms with E-state index >= 15 is 0 Å². The molecule has 4 rings (SSSR count). The van der Waals surface area contributed by atoms with E-state index in [9.17, 15) is 4.79 Å². The second kappa shape index (κ2) is 5.51. The van der Waals surface area contributed by atoms with Gasteiger partial charge in [0.15, 0.2) is 5.78 Å². The molecule has 0 spiro atoms. The normalized spacial score (nSPS) is 13.3. The van der Waals surface area contributed by atoms with Gasteiger partial charge in [-0.15, -0.1) is 0 Å². The molecule has 1 aliphatic carbocycles. The molecule has 1 atom stereocenters. The molecule has 0 aromatic heterocycles. The predicted molar refractivity (Wildman–Crippen MR) is 93.9 cm³/mol. The quantitative estimate of drug-likeness (QED) is 0.472. The Labute approximate surface area is 136 Å². The lowest BCUT2D eigenvalue weighted by molar-refractivity contribution is 0.0966. The molecule has 0 aliphatic heterocycles. The first-order valence-corrected chi connectivity index (χ1v) is 8.05. The number of rotatable bonds is 3. The monoisotopic (exact) mass is 298 g/mol. The molecule has 1 unspecified atom stereocenters. The maximum Gasteiger partial charge on any atom is 0.170 e. The summed E-state index contributed by atoms with van der Waals surface area (Å²) >= 11 is 0. The lowest BCUT2D eigenvalue weighted by Crippen LogP contribution is -2.11. The van der Waals surface area contributed by atoms with Gasteiger partial charge in [0.05, 0.1) is 0 Å². The van der Waals surface area contributed by atoms with Gasteiger partial charge in [-0.3, -0.25) is 4.79 Å². The number of carbonyl (C=O) groups is 1. The zero-order chi connectivity index (χ0) is 15.8. The van der Waals surface area contributed by atoms with Crippen molar-refractivity contribution in [2.75, 3.05) is 0 Å². The van der Waals surface area contributed by atoms with Crippen LogP contribution >= 0.6 is 0 Å². The zero-order valence-corrected chi connectivity index (χ0v) is 13.1. The maximum atomic E-state index is 12.8. The molecule has 23 heavy (non-hydrogen) atoms. The lowest BCUT2D eigenvalue weighted by Gasteiger charge is -2.15. The highest BCUT2D eigenvalue weighted by molar-refractivity contribution is 6.01. The Morgan fingerprint density at radius 3 is 2.35 bits per heavy atom. The Hall–Kier alpha value is -2.67. The van der Waals surface area contributed by atoms with Crippen molar-refractivity contribution in [2.24, 2.45) is 0 Å². The summed E-state index contributed by atoms with van der Waals surface area (Å²) in [6.07, 6.45) is 0.925. The van der Waals surface area contributed by atoms with Crippen LogP contribution in [0.15, 0.2) is 72.8 Å². The Morgan fingerprint density at radius 2 is 1.52 bits per heavy atom. The van der Waals surface area contributed by atoms with Crippen LogP contribution in [0.2, 0.25) is 0 Å². The summed E-state index contributed by atoms with van der Waals surface area (Å²) in [7, 11) is 0. The van der Waals surface area contributed by atoms with Crippen LogP contribution in [0.5, 0.6) is 0 Å². The Kier molecular flexibility index (Phi) is 3.34. The van der Waals surface area contributed by atoms with Gasteiger partial charge >= 0.3 is 0 Å². The first-order valence-electron chi connectivity index (χ1n) is 8.05. The van der Waals surface area contributed by atoms with Crippen LogP contribution in [0.3, 0.4) is 0 Å². The minimum atomic E-state index is -0.123. The third-order valence-corrected chi connectivity index (χ3v) is 4.81. The van der Waals surface area contributed by atoms with Gasteiger partial charge in [-0.2, -0.15) is 0 Å². The van der Waals surface area contributed by atoms with Crippen molar-refractivity contribution in [3.63, 3.8) is 0 Å². The largest absolute Gasteiger partial charge is 0.294 e. The minimum absolute atomic E-state index is 0.123. The fourth-order valence-electron chi connectivity index (χ4n) is 3.58. The molecular weight excluding hydrogens is 280 g/mol. The van der Waals surface area contributed by atoms with E-state index in [1.54, 1.807) is 0 Å². The van der Waals surface area contributed by atoms with Gasteiger partial charge in [0.1, 0.15) is 0 Å². The van der Waals surface area contributed by atoms with E-state index in [1.807, 2.05) is 37.3 Å². The van der Waals surface area contributed by atoms with E-state index in [4.69, 9.17) is 0 Å².